The van der Waals surface area contributed by atoms with Gasteiger partial charge in [-0.05, 0) is 55.5 Å². The lowest BCUT2D eigenvalue weighted by atomic mass is 10.1. The number of carbonyl (C=O) groups excluding carboxylic acids is 1. The second kappa shape index (κ2) is 8.02. The summed E-state index contributed by atoms with van der Waals surface area (Å²) in [5, 5.41) is 5.23. The first-order valence-electron chi connectivity index (χ1n) is 8.89. The first kappa shape index (κ1) is 18.0. The Kier molecular flexibility index (Phi) is 5.76. The summed E-state index contributed by atoms with van der Waals surface area (Å²) in [7, 11) is 2.13. The topological polar surface area (TPSA) is 35.6 Å². The summed E-state index contributed by atoms with van der Waals surface area (Å²) in [4.78, 5) is 18.2. The Morgan fingerprint density at radius 3 is 2.80 bits per heavy atom. The Bertz CT molecular complexity index is 725. The number of fused-ring (bicyclic) bond motifs is 1. The van der Waals surface area contributed by atoms with E-state index in [9.17, 15) is 4.79 Å². The molecule has 0 spiro atoms. The highest BCUT2D eigenvalue weighted by atomic mass is 32.1. The van der Waals surface area contributed by atoms with Gasteiger partial charge in [0.05, 0.1) is 0 Å². The molecule has 4 nitrogen and oxygen atoms in total. The van der Waals surface area contributed by atoms with E-state index in [2.05, 4.69) is 60.8 Å². The first-order chi connectivity index (χ1) is 12.0. The molecule has 2 heterocycles. The van der Waals surface area contributed by atoms with Crippen LogP contribution in [0.15, 0.2) is 35.7 Å². The number of nitrogens with zero attached hydrogens (tertiary/aromatic N) is 2. The standard InChI is InChI=1S/C20H27N3OS/c1-15(2)22(3)13-17-7-5-4-6-16(17)12-21-20(24)23-10-8-19-18(14-23)9-11-25-19/h4-7,9,11,15H,8,10,12-14H2,1-3H3,(H,21,24). The summed E-state index contributed by atoms with van der Waals surface area (Å²) in [6, 6.07) is 11.0. The van der Waals surface area contributed by atoms with E-state index in [1.165, 1.54) is 21.6 Å². The third-order valence-corrected chi connectivity index (χ3v) is 5.97. The number of thiophene rings is 1. The van der Waals surface area contributed by atoms with Gasteiger partial charge in [0.25, 0.3) is 0 Å². The van der Waals surface area contributed by atoms with E-state index in [-0.39, 0.29) is 6.03 Å². The van der Waals surface area contributed by atoms with Crippen LogP contribution in [0.5, 0.6) is 0 Å². The molecule has 0 saturated carbocycles. The molecule has 0 aliphatic carbocycles. The van der Waals surface area contributed by atoms with Crippen molar-refractivity contribution in [2.45, 2.75) is 45.9 Å². The van der Waals surface area contributed by atoms with Gasteiger partial charge in [0.1, 0.15) is 0 Å². The van der Waals surface area contributed by atoms with Crippen LogP contribution in [-0.2, 0) is 26.1 Å². The van der Waals surface area contributed by atoms with Crippen LogP contribution >= 0.6 is 11.3 Å². The van der Waals surface area contributed by atoms with Crippen LogP contribution in [0, 0.1) is 0 Å². The highest BCUT2D eigenvalue weighted by Gasteiger charge is 2.21. The lowest BCUT2D eigenvalue weighted by Gasteiger charge is -2.27. The van der Waals surface area contributed by atoms with Gasteiger partial charge in [-0.25, -0.2) is 4.79 Å². The fourth-order valence-electron chi connectivity index (χ4n) is 3.04. The molecule has 0 saturated heterocycles. The second-order valence-electron chi connectivity index (χ2n) is 6.98. The highest BCUT2D eigenvalue weighted by molar-refractivity contribution is 7.10. The Balaban J connectivity index is 1.59. The van der Waals surface area contributed by atoms with Crippen LogP contribution in [0.3, 0.4) is 0 Å². The summed E-state index contributed by atoms with van der Waals surface area (Å²) in [6.07, 6.45) is 0.968. The average molecular weight is 358 g/mol. The number of amides is 2. The molecule has 1 N–H and O–H groups in total. The van der Waals surface area contributed by atoms with Gasteiger partial charge in [-0.3, -0.25) is 4.90 Å². The van der Waals surface area contributed by atoms with Crippen molar-refractivity contribution in [1.82, 2.24) is 15.1 Å². The van der Waals surface area contributed by atoms with Crippen molar-refractivity contribution in [3.63, 3.8) is 0 Å². The fraction of sp³-hybridized carbons (Fsp3) is 0.450. The lowest BCUT2D eigenvalue weighted by molar-refractivity contribution is 0.192. The number of urea groups is 1. The fourth-order valence-corrected chi connectivity index (χ4v) is 3.93. The summed E-state index contributed by atoms with van der Waals surface area (Å²) in [6.45, 7) is 7.39. The Morgan fingerprint density at radius 1 is 1.28 bits per heavy atom. The number of hydrogen-bond acceptors (Lipinski definition) is 3. The van der Waals surface area contributed by atoms with E-state index < -0.39 is 0 Å². The molecule has 2 aromatic rings. The summed E-state index contributed by atoms with van der Waals surface area (Å²) >= 11 is 1.80. The molecule has 3 rings (SSSR count). The number of benzene rings is 1. The maximum Gasteiger partial charge on any atom is 0.317 e. The van der Waals surface area contributed by atoms with Gasteiger partial charge in [0.15, 0.2) is 0 Å². The van der Waals surface area contributed by atoms with E-state index >= 15 is 0 Å². The Hall–Kier alpha value is -1.85. The van der Waals surface area contributed by atoms with Gasteiger partial charge in [-0.1, -0.05) is 24.3 Å². The Labute approximate surface area is 154 Å². The number of carbonyl (C=O) groups is 1. The molecular weight excluding hydrogens is 330 g/mol. The van der Waals surface area contributed by atoms with Crippen LogP contribution in [0.25, 0.3) is 0 Å². The van der Waals surface area contributed by atoms with E-state index in [0.717, 1.165) is 26.1 Å². The van der Waals surface area contributed by atoms with Gasteiger partial charge in [0.2, 0.25) is 0 Å². The van der Waals surface area contributed by atoms with Crippen molar-refractivity contribution in [3.8, 4) is 0 Å². The smallest absolute Gasteiger partial charge is 0.317 e. The van der Waals surface area contributed by atoms with Crippen LogP contribution in [-0.4, -0.2) is 35.5 Å². The van der Waals surface area contributed by atoms with Crippen molar-refractivity contribution >= 4 is 17.4 Å². The van der Waals surface area contributed by atoms with Gasteiger partial charge in [0, 0.05) is 37.1 Å². The molecule has 1 aromatic carbocycles. The zero-order valence-electron chi connectivity index (χ0n) is 15.3. The zero-order chi connectivity index (χ0) is 17.8. The van der Waals surface area contributed by atoms with Gasteiger partial charge in [-0.2, -0.15) is 0 Å². The molecule has 1 aliphatic rings. The normalized spacial score (nSPS) is 14.0. The summed E-state index contributed by atoms with van der Waals surface area (Å²) < 4.78 is 0. The molecule has 25 heavy (non-hydrogen) atoms. The molecular formula is C20H27N3OS. The molecule has 0 atom stereocenters. The van der Waals surface area contributed by atoms with E-state index in [1.54, 1.807) is 11.3 Å². The quantitative estimate of drug-likeness (QED) is 0.882. The molecule has 1 aromatic heterocycles. The summed E-state index contributed by atoms with van der Waals surface area (Å²) in [5.41, 5.74) is 3.76. The summed E-state index contributed by atoms with van der Waals surface area (Å²) in [5.74, 6) is 0. The molecule has 1 aliphatic heterocycles. The maximum atomic E-state index is 12.6. The predicted octanol–water partition coefficient (Wildman–Crippen LogP) is 3.86. The molecule has 0 fully saturated rings. The van der Waals surface area contributed by atoms with Crippen molar-refractivity contribution in [1.29, 1.82) is 0 Å². The number of hydrogen-bond donors (Lipinski definition) is 1. The molecule has 134 valence electrons. The first-order valence-corrected chi connectivity index (χ1v) is 9.77. The van der Waals surface area contributed by atoms with Gasteiger partial charge < -0.3 is 10.2 Å². The Morgan fingerprint density at radius 2 is 2.04 bits per heavy atom. The molecule has 0 radical (unpaired) electrons. The maximum absolute atomic E-state index is 12.6. The molecule has 0 unspecified atom stereocenters. The average Bonchev–Trinajstić information content (AvgIpc) is 3.08. The van der Waals surface area contributed by atoms with E-state index in [0.29, 0.717) is 12.6 Å². The largest absolute Gasteiger partial charge is 0.334 e. The van der Waals surface area contributed by atoms with Crippen LogP contribution in [0.4, 0.5) is 4.79 Å². The van der Waals surface area contributed by atoms with Crippen molar-refractivity contribution < 1.29 is 4.79 Å². The van der Waals surface area contributed by atoms with Crippen molar-refractivity contribution in [3.05, 3.63) is 57.3 Å². The van der Waals surface area contributed by atoms with Crippen LogP contribution in [0.2, 0.25) is 0 Å². The highest BCUT2D eigenvalue weighted by Crippen LogP contribution is 2.24. The monoisotopic (exact) mass is 357 g/mol. The molecule has 2 amide bonds. The van der Waals surface area contributed by atoms with E-state index in [1.807, 2.05) is 11.0 Å². The minimum absolute atomic E-state index is 0.0314. The minimum atomic E-state index is 0.0314. The minimum Gasteiger partial charge on any atom is -0.334 e. The zero-order valence-corrected chi connectivity index (χ0v) is 16.1. The van der Waals surface area contributed by atoms with Crippen LogP contribution < -0.4 is 5.32 Å². The SMILES string of the molecule is CC(C)N(C)Cc1ccccc1CNC(=O)N1CCc2sccc2C1. The predicted molar refractivity (Wildman–Crippen MR) is 104 cm³/mol. The van der Waals surface area contributed by atoms with Gasteiger partial charge >= 0.3 is 6.03 Å². The second-order valence-corrected chi connectivity index (χ2v) is 7.98. The van der Waals surface area contributed by atoms with Crippen molar-refractivity contribution in [2.75, 3.05) is 13.6 Å². The molecule has 5 heteroatoms. The third kappa shape index (κ3) is 4.41. The van der Waals surface area contributed by atoms with E-state index in [4.69, 9.17) is 0 Å². The third-order valence-electron chi connectivity index (χ3n) is 4.94. The van der Waals surface area contributed by atoms with Crippen LogP contribution in [0.1, 0.15) is 35.4 Å². The van der Waals surface area contributed by atoms with Crippen molar-refractivity contribution in [2.24, 2.45) is 0 Å². The molecule has 0 bridgehead atoms. The lowest BCUT2D eigenvalue weighted by Crippen LogP contribution is -2.42. The number of nitrogens with one attached hydrogen (secondary N) is 1. The van der Waals surface area contributed by atoms with Gasteiger partial charge in [-0.15, -0.1) is 11.3 Å². The number of rotatable bonds is 5.